The number of hydrogen-bond donors (Lipinski definition) is 1. The number of anilines is 1. The van der Waals surface area contributed by atoms with Crippen molar-refractivity contribution in [3.63, 3.8) is 0 Å². The van der Waals surface area contributed by atoms with Gasteiger partial charge in [-0.3, -0.25) is 19.3 Å². The maximum Gasteiger partial charge on any atom is 0.258 e. The lowest BCUT2D eigenvalue weighted by atomic mass is 9.81. The molecular weight excluding hydrogens is 439 g/mol. The highest BCUT2D eigenvalue weighted by atomic mass is 35.5. The number of aliphatic hydroxyl groups is 1. The van der Waals surface area contributed by atoms with Crippen LogP contribution in [0.4, 0.5) is 10.2 Å². The third kappa shape index (κ3) is 3.51. The highest BCUT2D eigenvalue weighted by molar-refractivity contribution is 6.30. The molecular formula is C22H22ClFN4O4. The zero-order valence-corrected chi connectivity index (χ0v) is 18.3. The van der Waals surface area contributed by atoms with E-state index in [4.69, 9.17) is 11.6 Å². The number of piperazine rings is 1. The lowest BCUT2D eigenvalue weighted by molar-refractivity contribution is -0.174. The molecule has 1 atom stereocenters. The van der Waals surface area contributed by atoms with Crippen molar-refractivity contribution < 1.29 is 23.9 Å². The predicted molar refractivity (Wildman–Crippen MR) is 114 cm³/mol. The van der Waals surface area contributed by atoms with Gasteiger partial charge in [0.25, 0.3) is 5.91 Å². The van der Waals surface area contributed by atoms with E-state index in [0.29, 0.717) is 16.1 Å². The summed E-state index contributed by atoms with van der Waals surface area (Å²) in [6.45, 7) is 2.05. The van der Waals surface area contributed by atoms with E-state index < -0.39 is 42.4 Å². The van der Waals surface area contributed by atoms with Crippen molar-refractivity contribution in [3.8, 4) is 0 Å². The minimum Gasteiger partial charge on any atom is -0.394 e. The molecule has 1 aromatic carbocycles. The molecule has 3 heterocycles. The van der Waals surface area contributed by atoms with Crippen molar-refractivity contribution in [1.82, 2.24) is 14.8 Å². The van der Waals surface area contributed by atoms with Crippen molar-refractivity contribution in [1.29, 1.82) is 0 Å². The Morgan fingerprint density at radius 3 is 2.50 bits per heavy atom. The second-order valence-corrected chi connectivity index (χ2v) is 8.57. The quantitative estimate of drug-likeness (QED) is 0.749. The first-order valence-electron chi connectivity index (χ1n) is 10.1. The third-order valence-corrected chi connectivity index (χ3v) is 6.22. The van der Waals surface area contributed by atoms with E-state index in [1.54, 1.807) is 31.2 Å². The second-order valence-electron chi connectivity index (χ2n) is 8.13. The van der Waals surface area contributed by atoms with E-state index in [-0.39, 0.29) is 24.8 Å². The lowest BCUT2D eigenvalue weighted by Crippen LogP contribution is -2.81. The monoisotopic (exact) mass is 460 g/mol. The van der Waals surface area contributed by atoms with Gasteiger partial charge in [0, 0.05) is 18.1 Å². The molecule has 0 bridgehead atoms. The van der Waals surface area contributed by atoms with E-state index in [1.807, 2.05) is 0 Å². The van der Waals surface area contributed by atoms with Crippen LogP contribution in [-0.4, -0.2) is 69.4 Å². The average Bonchev–Trinajstić information content (AvgIpc) is 2.71. The number of aliphatic hydroxyl groups excluding tert-OH is 1. The lowest BCUT2D eigenvalue weighted by Gasteiger charge is -2.59. The number of benzene rings is 1. The summed E-state index contributed by atoms with van der Waals surface area (Å²) in [5.74, 6) is -2.23. The highest BCUT2D eigenvalue weighted by Crippen LogP contribution is 2.41. The number of nitrogens with zero attached hydrogens (tertiary/aromatic N) is 4. The summed E-state index contributed by atoms with van der Waals surface area (Å²) in [4.78, 5) is 46.8. The summed E-state index contributed by atoms with van der Waals surface area (Å²) in [5.41, 5.74) is -0.271. The maximum absolute atomic E-state index is 14.6. The van der Waals surface area contributed by atoms with Gasteiger partial charge < -0.3 is 14.9 Å². The minimum absolute atomic E-state index is 0.0546. The molecule has 1 aromatic heterocycles. The first kappa shape index (κ1) is 22.2. The molecule has 1 spiro atoms. The van der Waals surface area contributed by atoms with E-state index in [0.717, 1.165) is 4.90 Å². The Kier molecular flexibility index (Phi) is 5.64. The molecule has 0 saturated carbocycles. The molecule has 10 heteroatoms. The first-order chi connectivity index (χ1) is 15.2. The molecule has 1 N–H and O–H groups in total. The molecule has 4 rings (SSSR count). The van der Waals surface area contributed by atoms with Gasteiger partial charge in [-0.1, -0.05) is 23.7 Å². The number of aromatic nitrogens is 1. The van der Waals surface area contributed by atoms with Gasteiger partial charge in [0.05, 0.1) is 25.7 Å². The van der Waals surface area contributed by atoms with Gasteiger partial charge in [-0.05, 0) is 36.2 Å². The van der Waals surface area contributed by atoms with Gasteiger partial charge in [0.15, 0.2) is 17.2 Å². The Bertz CT molecular complexity index is 1090. The largest absolute Gasteiger partial charge is 0.394 e. The number of aryl methyl sites for hydroxylation is 1. The number of halogens is 2. The van der Waals surface area contributed by atoms with Crippen molar-refractivity contribution in [2.75, 3.05) is 31.1 Å². The molecule has 0 radical (unpaired) electrons. The van der Waals surface area contributed by atoms with Crippen LogP contribution in [0.3, 0.4) is 0 Å². The van der Waals surface area contributed by atoms with E-state index in [9.17, 15) is 23.9 Å². The topological polar surface area (TPSA) is 94.1 Å². The molecule has 0 aliphatic carbocycles. The zero-order chi connectivity index (χ0) is 23.2. The third-order valence-electron chi connectivity index (χ3n) is 5.97. The van der Waals surface area contributed by atoms with Crippen molar-refractivity contribution in [2.24, 2.45) is 0 Å². The van der Waals surface area contributed by atoms with Gasteiger partial charge >= 0.3 is 0 Å². The van der Waals surface area contributed by atoms with Crippen molar-refractivity contribution in [2.45, 2.75) is 25.4 Å². The molecule has 2 aromatic rings. The van der Waals surface area contributed by atoms with E-state index in [1.165, 1.54) is 29.0 Å². The number of rotatable bonds is 4. The summed E-state index contributed by atoms with van der Waals surface area (Å²) < 4.78 is 14.6. The van der Waals surface area contributed by atoms with Crippen LogP contribution in [0.2, 0.25) is 5.02 Å². The Morgan fingerprint density at radius 2 is 1.94 bits per heavy atom. The van der Waals surface area contributed by atoms with Crippen LogP contribution in [0.25, 0.3) is 0 Å². The fraction of sp³-hybridized carbons (Fsp3) is 0.364. The standard InChI is InChI=1S/C22H22ClFN4O4/c1-13-7-17(24)20(25-8-13)27-9-19(31)28(18(10-29)15-3-5-16(23)6-4-15)22(21(27)32)11-26(12-22)14(2)30/h3-8,18,29H,9-12H2,1-2H3/t18-/m0/s1. The molecule has 2 saturated heterocycles. The zero-order valence-electron chi connectivity index (χ0n) is 17.6. The molecule has 32 heavy (non-hydrogen) atoms. The number of carbonyl (C=O) groups excluding carboxylic acids is 3. The Morgan fingerprint density at radius 1 is 1.28 bits per heavy atom. The molecule has 8 nitrogen and oxygen atoms in total. The summed E-state index contributed by atoms with van der Waals surface area (Å²) in [7, 11) is 0. The number of carbonyl (C=O) groups is 3. The molecule has 168 valence electrons. The fourth-order valence-corrected chi connectivity index (χ4v) is 4.49. The van der Waals surface area contributed by atoms with Gasteiger partial charge in [-0.2, -0.15) is 0 Å². The van der Waals surface area contributed by atoms with Crippen LogP contribution in [0.1, 0.15) is 24.1 Å². The highest BCUT2D eigenvalue weighted by Gasteiger charge is 2.62. The average molecular weight is 461 g/mol. The summed E-state index contributed by atoms with van der Waals surface area (Å²) in [6, 6.07) is 7.00. The van der Waals surface area contributed by atoms with Gasteiger partial charge in [-0.15, -0.1) is 0 Å². The Hall–Kier alpha value is -3.04. The van der Waals surface area contributed by atoms with Crippen LogP contribution in [0.15, 0.2) is 36.5 Å². The normalized spacial score (nSPS) is 18.7. The number of likely N-dealkylation sites (tertiary alicyclic amines) is 1. The summed E-state index contributed by atoms with van der Waals surface area (Å²) >= 11 is 5.97. The van der Waals surface area contributed by atoms with Crippen LogP contribution in [0, 0.1) is 12.7 Å². The van der Waals surface area contributed by atoms with Crippen molar-refractivity contribution >= 4 is 35.1 Å². The molecule has 3 amide bonds. The Balaban J connectivity index is 1.77. The molecule has 2 aliphatic heterocycles. The van der Waals surface area contributed by atoms with Crippen LogP contribution < -0.4 is 4.90 Å². The minimum atomic E-state index is -1.44. The van der Waals surface area contributed by atoms with Gasteiger partial charge in [-0.25, -0.2) is 9.37 Å². The van der Waals surface area contributed by atoms with Crippen LogP contribution in [-0.2, 0) is 14.4 Å². The SMILES string of the molecule is CC(=O)N1CC2(C1)C(=O)N(c1ncc(C)cc1F)CC(=O)N2[C@@H](CO)c1ccc(Cl)cc1. The number of pyridine rings is 1. The summed E-state index contributed by atoms with van der Waals surface area (Å²) in [5, 5.41) is 10.7. The number of amides is 3. The van der Waals surface area contributed by atoms with Crippen LogP contribution in [0.5, 0.6) is 0 Å². The second kappa shape index (κ2) is 8.14. The van der Waals surface area contributed by atoms with E-state index >= 15 is 0 Å². The number of hydrogen-bond acceptors (Lipinski definition) is 5. The molecule has 0 unspecified atom stereocenters. The smallest absolute Gasteiger partial charge is 0.258 e. The molecule has 2 fully saturated rings. The summed E-state index contributed by atoms with van der Waals surface area (Å²) in [6.07, 6.45) is 1.42. The first-order valence-corrected chi connectivity index (χ1v) is 10.4. The van der Waals surface area contributed by atoms with Crippen molar-refractivity contribution in [3.05, 3.63) is 58.5 Å². The van der Waals surface area contributed by atoms with Gasteiger partial charge in [0.2, 0.25) is 11.8 Å². The van der Waals surface area contributed by atoms with Crippen LogP contribution >= 0.6 is 11.6 Å². The maximum atomic E-state index is 14.6. The Labute approximate surface area is 189 Å². The van der Waals surface area contributed by atoms with E-state index in [2.05, 4.69) is 4.98 Å². The predicted octanol–water partition coefficient (Wildman–Crippen LogP) is 1.69. The fourth-order valence-electron chi connectivity index (χ4n) is 4.36. The van der Waals surface area contributed by atoms with Gasteiger partial charge in [0.1, 0.15) is 6.54 Å². The molecule has 2 aliphatic rings.